The average Bonchev–Trinajstić information content (AvgIpc) is 4.19. The Morgan fingerprint density at radius 2 is 1.47 bits per heavy atom. The van der Waals surface area contributed by atoms with Gasteiger partial charge >= 0.3 is 12.1 Å². The zero-order chi connectivity index (χ0) is 51.8. The number of aromatic nitrogens is 3. The monoisotopic (exact) mass is 999 g/mol. The average molecular weight is 1000 g/mol. The van der Waals surface area contributed by atoms with Crippen LogP contribution in [-0.4, -0.2) is 71.5 Å². The number of anilines is 1. The van der Waals surface area contributed by atoms with E-state index in [0.29, 0.717) is 38.9 Å². The van der Waals surface area contributed by atoms with Crippen molar-refractivity contribution in [3.05, 3.63) is 231 Å². The second kappa shape index (κ2) is 19.8. The minimum Gasteiger partial charge on any atom is -0.508 e. The molecule has 8 aromatic rings. The lowest BCUT2D eigenvalue weighted by Crippen LogP contribution is -2.56. The van der Waals surface area contributed by atoms with Crippen LogP contribution in [0.2, 0.25) is 0 Å². The van der Waals surface area contributed by atoms with Crippen LogP contribution < -0.4 is 10.2 Å². The normalized spacial score (nSPS) is 21.1. The van der Waals surface area contributed by atoms with Gasteiger partial charge in [-0.15, -0.1) is 5.10 Å². The Kier molecular flexibility index (Phi) is 12.6. The molecule has 3 aliphatic heterocycles. The third kappa shape index (κ3) is 8.57. The van der Waals surface area contributed by atoms with Crippen LogP contribution in [0.1, 0.15) is 63.2 Å². The highest BCUT2D eigenvalue weighted by molar-refractivity contribution is 6.23. The van der Waals surface area contributed by atoms with Crippen LogP contribution in [0.5, 0.6) is 5.75 Å². The van der Waals surface area contributed by atoms with Gasteiger partial charge in [0, 0.05) is 24.2 Å². The molecular formula is C58H45N7O10. The highest BCUT2D eigenvalue weighted by Crippen LogP contribution is 2.66. The molecule has 2 saturated heterocycles. The number of carbonyl (C=O) groups is 4. The van der Waals surface area contributed by atoms with Gasteiger partial charge in [-0.25, -0.2) is 14.4 Å². The number of carbonyl (C=O) groups excluding carboxylic acids is 4. The number of phenols is 1. The molecule has 3 aliphatic rings. The lowest BCUT2D eigenvalue weighted by atomic mass is 9.65. The number of non-ortho nitro benzene ring substituents is 1. The maximum Gasteiger partial charge on any atom is 0.421 e. The maximum absolute atomic E-state index is 16.6. The van der Waals surface area contributed by atoms with Crippen molar-refractivity contribution in [2.45, 2.75) is 48.9 Å². The SMILES string of the molecule is O=C1O[C@H](c2ccccc2)[C@H](c2ccccc2)N2[C@H]1[C@@H](C(=O)NC[C@H](O)c1ccccc1)[C@]1(C(=O)N(C(=O)OCc3ccc([N+](=O)[O-])cc3)c3ccc(C#CCn4nnc5ccccc54)cc31)[C@H]2c1ccc(O)cc1. The molecule has 1 spiro atoms. The summed E-state index contributed by atoms with van der Waals surface area (Å²) in [6.07, 6.45) is -3.35. The highest BCUT2D eigenvalue weighted by Gasteiger charge is 2.75. The summed E-state index contributed by atoms with van der Waals surface area (Å²) in [5, 5.41) is 45.2. The quantitative estimate of drug-likeness (QED) is 0.0486. The number of morpholine rings is 1. The predicted octanol–water partition coefficient (Wildman–Crippen LogP) is 7.95. The molecule has 4 heterocycles. The molecule has 0 bridgehead atoms. The Bertz CT molecular complexity index is 3550. The van der Waals surface area contributed by atoms with E-state index < -0.39 is 77.1 Å². The summed E-state index contributed by atoms with van der Waals surface area (Å²) in [5.74, 6) is 2.01. The number of ether oxygens (including phenoxy) is 2. The number of phenolic OH excluding ortho intramolecular Hbond substituents is 1. The van der Waals surface area contributed by atoms with Crippen LogP contribution in [0.15, 0.2) is 182 Å². The second-order valence-corrected chi connectivity index (χ2v) is 18.4. The van der Waals surface area contributed by atoms with E-state index in [1.165, 1.54) is 36.4 Å². The number of aromatic hydroxyl groups is 1. The van der Waals surface area contributed by atoms with Crippen LogP contribution in [0.25, 0.3) is 11.0 Å². The number of nitrogens with one attached hydrogen (secondary N) is 1. The number of nitro benzene ring substituents is 1. The Morgan fingerprint density at radius 3 is 2.17 bits per heavy atom. The fraction of sp³-hybridized carbons (Fsp3) is 0.172. The summed E-state index contributed by atoms with van der Waals surface area (Å²) in [6, 6.07) is 47.1. The summed E-state index contributed by atoms with van der Waals surface area (Å²) >= 11 is 0. The van der Waals surface area contributed by atoms with Gasteiger partial charge in [0.1, 0.15) is 42.0 Å². The minimum atomic E-state index is -2.21. The number of para-hydroxylation sites is 1. The largest absolute Gasteiger partial charge is 0.508 e. The predicted molar refractivity (Wildman–Crippen MR) is 272 cm³/mol. The number of nitro groups is 1. The fourth-order valence-electron chi connectivity index (χ4n) is 10.9. The van der Waals surface area contributed by atoms with Crippen molar-refractivity contribution in [2.24, 2.45) is 5.92 Å². The van der Waals surface area contributed by atoms with E-state index in [1.807, 2.05) is 89.8 Å². The summed E-state index contributed by atoms with van der Waals surface area (Å²) in [5.41, 5.74) is 2.21. The van der Waals surface area contributed by atoms with Crippen molar-refractivity contribution in [3.8, 4) is 17.6 Å². The number of benzene rings is 7. The van der Waals surface area contributed by atoms with Gasteiger partial charge in [-0.2, -0.15) is 0 Å². The zero-order valence-corrected chi connectivity index (χ0v) is 39.7. The van der Waals surface area contributed by atoms with E-state index >= 15 is 14.4 Å². The number of rotatable bonds is 11. The molecule has 17 nitrogen and oxygen atoms in total. The van der Waals surface area contributed by atoms with Crippen molar-refractivity contribution in [1.82, 2.24) is 25.2 Å². The number of nitrogens with zero attached hydrogens (tertiary/aromatic N) is 6. The number of esters is 1. The van der Waals surface area contributed by atoms with Crippen molar-refractivity contribution in [2.75, 3.05) is 11.4 Å². The summed E-state index contributed by atoms with van der Waals surface area (Å²) in [6.45, 7) is -0.614. The van der Waals surface area contributed by atoms with E-state index in [2.05, 4.69) is 27.5 Å². The van der Waals surface area contributed by atoms with Crippen LogP contribution in [0.3, 0.4) is 0 Å². The first-order chi connectivity index (χ1) is 36.5. The van der Waals surface area contributed by atoms with E-state index in [1.54, 1.807) is 65.3 Å². The molecule has 7 atom stereocenters. The molecule has 75 heavy (non-hydrogen) atoms. The van der Waals surface area contributed by atoms with E-state index in [9.17, 15) is 25.1 Å². The van der Waals surface area contributed by atoms with E-state index in [0.717, 1.165) is 10.4 Å². The summed E-state index contributed by atoms with van der Waals surface area (Å²) in [4.78, 5) is 76.3. The lowest BCUT2D eigenvalue weighted by molar-refractivity contribution is -0.384. The standard InChI is InChI=1S/C58H45N7O10/c66-43-29-25-41(26-30-43)53-58(49(54(68)59-34-48(67)38-14-4-1-5-15-38)51-55(69)75-52(40-18-8-3-9-19-40)50(64(51)53)39-16-6-2-7-17-39)44-33-36(13-12-32-62-47-21-11-10-20-45(47)60-61-62)24-31-46(44)63(56(58)70)57(71)74-35-37-22-27-42(28-23-37)65(72)73/h1-11,14-31,33,48-53,66-67H,32,34-35H2,(H,59,68)/t48-,49-,50-,51-,52+,53+,58-/m0/s1. The van der Waals surface area contributed by atoms with Gasteiger partial charge in [0.25, 0.3) is 5.69 Å². The number of imide groups is 1. The minimum absolute atomic E-state index is 0.0384. The van der Waals surface area contributed by atoms with Crippen molar-refractivity contribution < 1.29 is 43.8 Å². The summed E-state index contributed by atoms with van der Waals surface area (Å²) < 4.78 is 14.1. The summed E-state index contributed by atoms with van der Waals surface area (Å²) in [7, 11) is 0. The molecule has 7 aromatic carbocycles. The maximum atomic E-state index is 16.6. The highest BCUT2D eigenvalue weighted by atomic mass is 16.6. The number of aliphatic hydroxyl groups excluding tert-OH is 1. The second-order valence-electron chi connectivity index (χ2n) is 18.4. The van der Waals surface area contributed by atoms with Crippen LogP contribution in [0.4, 0.5) is 16.2 Å². The molecule has 3 N–H and O–H groups in total. The molecule has 0 aliphatic carbocycles. The van der Waals surface area contributed by atoms with Crippen molar-refractivity contribution >= 4 is 46.3 Å². The van der Waals surface area contributed by atoms with Gasteiger partial charge in [-0.05, 0) is 88.0 Å². The Morgan fingerprint density at radius 1 is 0.800 bits per heavy atom. The van der Waals surface area contributed by atoms with Crippen molar-refractivity contribution in [3.63, 3.8) is 0 Å². The fourth-order valence-corrected chi connectivity index (χ4v) is 10.9. The zero-order valence-electron chi connectivity index (χ0n) is 39.7. The molecule has 0 radical (unpaired) electrons. The smallest absolute Gasteiger partial charge is 0.421 e. The molecule has 1 aromatic heterocycles. The molecule has 0 unspecified atom stereocenters. The number of hydrogen-bond donors (Lipinski definition) is 3. The van der Waals surface area contributed by atoms with Crippen molar-refractivity contribution in [1.29, 1.82) is 0 Å². The Labute approximate surface area is 428 Å². The number of hydrogen-bond acceptors (Lipinski definition) is 13. The molecule has 17 heteroatoms. The third-order valence-electron chi connectivity index (χ3n) is 14.2. The van der Waals surface area contributed by atoms with Gasteiger partial charge < -0.3 is 25.0 Å². The topological polar surface area (TPSA) is 220 Å². The molecule has 11 rings (SSSR count). The molecule has 2 fully saturated rings. The third-order valence-corrected chi connectivity index (χ3v) is 14.2. The van der Waals surface area contributed by atoms with Crippen LogP contribution >= 0.6 is 0 Å². The number of aliphatic hydroxyl groups is 1. The lowest BCUT2D eigenvalue weighted by Gasteiger charge is -2.46. The van der Waals surface area contributed by atoms with Crippen LogP contribution in [-0.2, 0) is 42.4 Å². The van der Waals surface area contributed by atoms with Gasteiger partial charge in [0.05, 0.1) is 40.2 Å². The number of fused-ring (bicyclic) bond motifs is 4. The molecule has 0 saturated carbocycles. The van der Waals surface area contributed by atoms with Gasteiger partial charge in [-0.3, -0.25) is 29.4 Å². The molecular weight excluding hydrogens is 955 g/mol. The van der Waals surface area contributed by atoms with E-state index in [4.69, 9.17) is 9.47 Å². The van der Waals surface area contributed by atoms with Gasteiger partial charge in [-0.1, -0.05) is 132 Å². The first-order valence-corrected chi connectivity index (χ1v) is 24.1. The number of cyclic esters (lactones) is 1. The van der Waals surface area contributed by atoms with Crippen LogP contribution in [0, 0.1) is 27.9 Å². The molecule has 3 amide bonds. The Hall–Kier alpha value is -9.50. The van der Waals surface area contributed by atoms with Gasteiger partial charge in [0.15, 0.2) is 0 Å². The molecule has 372 valence electrons. The Balaban J connectivity index is 1.13. The van der Waals surface area contributed by atoms with E-state index in [-0.39, 0.29) is 35.8 Å². The number of amides is 3. The van der Waals surface area contributed by atoms with Gasteiger partial charge in [0.2, 0.25) is 11.8 Å². The first-order valence-electron chi connectivity index (χ1n) is 24.1. The first kappa shape index (κ1) is 47.8.